The van der Waals surface area contributed by atoms with Gasteiger partial charge in [0.1, 0.15) is 11.5 Å². The second-order valence-corrected chi connectivity index (χ2v) is 8.52. The molecular weight excluding hydrogens is 461 g/mol. The first kappa shape index (κ1) is 24.3. The van der Waals surface area contributed by atoms with Crippen molar-refractivity contribution in [3.63, 3.8) is 0 Å². The number of carbonyl (C=O) groups excluding carboxylic acids is 1. The molecule has 3 aromatic rings. The average molecular weight is 486 g/mol. The van der Waals surface area contributed by atoms with Gasteiger partial charge in [-0.1, -0.05) is 35.9 Å². The summed E-state index contributed by atoms with van der Waals surface area (Å²) < 4.78 is 48.9. The minimum absolute atomic E-state index is 0.0769. The lowest BCUT2D eigenvalue weighted by Crippen LogP contribution is -2.42. The lowest BCUT2D eigenvalue weighted by Gasteiger charge is -2.33. The van der Waals surface area contributed by atoms with Crippen molar-refractivity contribution in [2.75, 3.05) is 18.4 Å². The Hall–Kier alpha value is -3.82. The molecule has 1 N–H and O–H groups in total. The monoisotopic (exact) mass is 486 g/mol. The smallest absolute Gasteiger partial charge is 0.417 e. The first-order valence-electron chi connectivity index (χ1n) is 11.1. The number of halogens is 3. The number of benzene rings is 1. The van der Waals surface area contributed by atoms with Crippen molar-refractivity contribution >= 4 is 17.9 Å². The van der Waals surface area contributed by atoms with Gasteiger partial charge in [-0.3, -0.25) is 5.32 Å². The van der Waals surface area contributed by atoms with E-state index in [4.69, 9.17) is 9.26 Å². The maximum Gasteiger partial charge on any atom is 0.417 e. The second kappa shape index (κ2) is 9.81. The average Bonchev–Trinajstić information content (AvgIpc) is 3.12. The minimum atomic E-state index is -4.45. The molecule has 1 unspecified atom stereocenters. The Kier molecular flexibility index (Phi) is 6.81. The van der Waals surface area contributed by atoms with E-state index >= 15 is 0 Å². The maximum absolute atomic E-state index is 12.7. The number of pyridine rings is 1. The molecule has 7 nitrogen and oxygen atoms in total. The van der Waals surface area contributed by atoms with E-state index in [0.717, 1.165) is 23.4 Å². The van der Waals surface area contributed by atoms with Crippen LogP contribution >= 0.6 is 0 Å². The molecule has 1 saturated heterocycles. The molecule has 2 aromatic heterocycles. The third kappa shape index (κ3) is 5.82. The predicted molar refractivity (Wildman–Crippen MR) is 124 cm³/mol. The molecule has 184 valence electrons. The molecule has 1 atom stereocenters. The van der Waals surface area contributed by atoms with E-state index in [-0.39, 0.29) is 17.8 Å². The summed E-state index contributed by atoms with van der Waals surface area (Å²) in [5.41, 5.74) is 2.05. The van der Waals surface area contributed by atoms with E-state index < -0.39 is 11.7 Å². The molecular formula is C25H25F3N4O3. The van der Waals surface area contributed by atoms with Crippen molar-refractivity contribution in [3.8, 4) is 11.6 Å². The normalized spacial score (nSPS) is 17.5. The summed E-state index contributed by atoms with van der Waals surface area (Å²) >= 11 is 0. The van der Waals surface area contributed by atoms with Gasteiger partial charge in [0.2, 0.25) is 5.88 Å². The highest BCUT2D eigenvalue weighted by Gasteiger charge is 2.30. The Morgan fingerprint density at radius 3 is 2.69 bits per heavy atom. The molecule has 3 heterocycles. The molecule has 2 amide bonds. The number of piperidine rings is 1. The van der Waals surface area contributed by atoms with Crippen LogP contribution in [0, 0.1) is 19.8 Å². The molecule has 0 radical (unpaired) electrons. The van der Waals surface area contributed by atoms with Crippen LogP contribution in [0.4, 0.5) is 23.8 Å². The van der Waals surface area contributed by atoms with Gasteiger partial charge in [0, 0.05) is 30.9 Å². The van der Waals surface area contributed by atoms with Gasteiger partial charge in [0.15, 0.2) is 5.82 Å². The summed E-state index contributed by atoms with van der Waals surface area (Å²) in [6.45, 7) is 6.80. The Balaban J connectivity index is 1.39. The first-order valence-corrected chi connectivity index (χ1v) is 11.1. The number of ether oxygens (including phenoxy) is 1. The largest absolute Gasteiger partial charge is 0.439 e. The van der Waals surface area contributed by atoms with E-state index in [2.05, 4.69) is 28.5 Å². The molecule has 1 fully saturated rings. The van der Waals surface area contributed by atoms with Crippen molar-refractivity contribution in [1.29, 1.82) is 0 Å². The van der Waals surface area contributed by atoms with Gasteiger partial charge in [-0.15, -0.1) is 0 Å². The van der Waals surface area contributed by atoms with Crippen molar-refractivity contribution in [2.24, 2.45) is 5.92 Å². The van der Waals surface area contributed by atoms with Gasteiger partial charge in [-0.2, -0.15) is 13.2 Å². The quantitative estimate of drug-likeness (QED) is 0.458. The maximum atomic E-state index is 12.7. The zero-order valence-electron chi connectivity index (χ0n) is 19.5. The lowest BCUT2D eigenvalue weighted by molar-refractivity contribution is -0.137. The van der Waals surface area contributed by atoms with Crippen LogP contribution < -0.4 is 10.1 Å². The number of rotatable bonds is 4. The summed E-state index contributed by atoms with van der Waals surface area (Å²) in [6, 6.07) is 9.15. The fourth-order valence-corrected chi connectivity index (χ4v) is 3.77. The minimum Gasteiger partial charge on any atom is -0.439 e. The van der Waals surface area contributed by atoms with Crippen LogP contribution in [0.25, 0.3) is 6.08 Å². The van der Waals surface area contributed by atoms with E-state index in [1.165, 1.54) is 11.6 Å². The SMILES string of the molecule is Cc1onc(NC(=O)N2CC/C(=C\c3cccc(Oc4ccc(C(F)(F)F)cn4)c3)C(C)C2)c1C. The number of aromatic nitrogens is 2. The topological polar surface area (TPSA) is 80.5 Å². The van der Waals surface area contributed by atoms with Gasteiger partial charge >= 0.3 is 12.2 Å². The zero-order chi connectivity index (χ0) is 25.2. The molecule has 0 spiro atoms. The number of urea groups is 1. The summed E-state index contributed by atoms with van der Waals surface area (Å²) in [7, 11) is 0. The number of carbonyl (C=O) groups is 1. The molecule has 0 aliphatic carbocycles. The highest BCUT2D eigenvalue weighted by Crippen LogP contribution is 2.31. The zero-order valence-corrected chi connectivity index (χ0v) is 19.5. The number of hydrogen-bond acceptors (Lipinski definition) is 5. The van der Waals surface area contributed by atoms with Crippen LogP contribution in [-0.2, 0) is 6.18 Å². The number of nitrogens with zero attached hydrogens (tertiary/aromatic N) is 3. The van der Waals surface area contributed by atoms with Crippen LogP contribution in [0.3, 0.4) is 0 Å². The van der Waals surface area contributed by atoms with Crippen LogP contribution in [-0.4, -0.2) is 34.2 Å². The molecule has 35 heavy (non-hydrogen) atoms. The van der Waals surface area contributed by atoms with Crippen LogP contribution in [0.2, 0.25) is 0 Å². The number of aryl methyl sites for hydroxylation is 1. The number of amides is 2. The van der Waals surface area contributed by atoms with Crippen LogP contribution in [0.5, 0.6) is 11.6 Å². The van der Waals surface area contributed by atoms with Crippen LogP contribution in [0.1, 0.15) is 35.8 Å². The fourth-order valence-electron chi connectivity index (χ4n) is 3.77. The number of likely N-dealkylation sites (tertiary alicyclic amines) is 1. The third-order valence-corrected chi connectivity index (χ3v) is 5.96. The lowest BCUT2D eigenvalue weighted by atomic mass is 9.91. The molecule has 1 aliphatic rings. The van der Waals surface area contributed by atoms with E-state index in [9.17, 15) is 18.0 Å². The second-order valence-electron chi connectivity index (χ2n) is 8.52. The Labute approximate surface area is 200 Å². The summed E-state index contributed by atoms with van der Waals surface area (Å²) in [4.78, 5) is 18.2. The van der Waals surface area contributed by atoms with Gasteiger partial charge in [-0.25, -0.2) is 9.78 Å². The van der Waals surface area contributed by atoms with Gasteiger partial charge < -0.3 is 14.2 Å². The molecule has 1 aromatic carbocycles. The summed E-state index contributed by atoms with van der Waals surface area (Å²) in [6.07, 6.45) is -0.939. The molecule has 10 heteroatoms. The third-order valence-electron chi connectivity index (χ3n) is 5.96. The predicted octanol–water partition coefficient (Wildman–Crippen LogP) is 6.45. The van der Waals surface area contributed by atoms with E-state index in [0.29, 0.717) is 36.8 Å². The highest BCUT2D eigenvalue weighted by atomic mass is 19.4. The van der Waals surface area contributed by atoms with Crippen molar-refractivity contribution in [3.05, 3.63) is 70.6 Å². The Morgan fingerprint density at radius 1 is 1.26 bits per heavy atom. The standard InChI is InChI=1S/C25H25F3N4O3/c1-15-14-32(24(33)30-23-16(2)17(3)35-31-23)10-9-19(15)11-18-5-4-6-21(12-18)34-22-8-7-20(13-29-22)25(26,27)28/h4-8,11-13,15H,9-10,14H2,1-3H3,(H,30,31,33)/b19-11+. The van der Waals surface area contributed by atoms with E-state index in [1.54, 1.807) is 30.0 Å². The van der Waals surface area contributed by atoms with Gasteiger partial charge in [0.05, 0.1) is 5.56 Å². The molecule has 1 aliphatic heterocycles. The van der Waals surface area contributed by atoms with Gasteiger partial charge in [0.25, 0.3) is 0 Å². The Morgan fingerprint density at radius 2 is 2.06 bits per heavy atom. The van der Waals surface area contributed by atoms with Gasteiger partial charge in [-0.05, 0) is 49.9 Å². The van der Waals surface area contributed by atoms with E-state index in [1.807, 2.05) is 13.0 Å². The first-order chi connectivity index (χ1) is 16.6. The number of alkyl halides is 3. The Bertz CT molecular complexity index is 1240. The molecule has 0 saturated carbocycles. The number of nitrogens with one attached hydrogen (secondary N) is 1. The summed E-state index contributed by atoms with van der Waals surface area (Å²) in [5, 5.41) is 6.69. The van der Waals surface area contributed by atoms with Crippen molar-refractivity contribution in [2.45, 2.75) is 33.4 Å². The number of anilines is 1. The highest BCUT2D eigenvalue weighted by molar-refractivity contribution is 5.89. The molecule has 4 rings (SSSR count). The van der Waals surface area contributed by atoms with Crippen molar-refractivity contribution < 1.29 is 27.2 Å². The number of hydrogen-bond donors (Lipinski definition) is 1. The summed E-state index contributed by atoms with van der Waals surface area (Å²) in [5.74, 6) is 1.77. The van der Waals surface area contributed by atoms with Crippen molar-refractivity contribution in [1.82, 2.24) is 15.0 Å². The molecule has 0 bridgehead atoms. The van der Waals surface area contributed by atoms with Crippen LogP contribution in [0.15, 0.2) is 52.7 Å². The fraction of sp³-hybridized carbons (Fsp3) is 0.320.